The van der Waals surface area contributed by atoms with Gasteiger partial charge in [0, 0.05) is 11.8 Å². The second kappa shape index (κ2) is 3.27. The van der Waals surface area contributed by atoms with Crippen molar-refractivity contribution < 1.29 is 0 Å². The molecule has 2 nitrogen and oxygen atoms in total. The van der Waals surface area contributed by atoms with Crippen molar-refractivity contribution in [3.05, 3.63) is 24.3 Å². The number of benzene rings is 1. The predicted molar refractivity (Wildman–Crippen MR) is 68.8 cm³/mol. The van der Waals surface area contributed by atoms with E-state index in [2.05, 4.69) is 54.6 Å². The maximum Gasteiger partial charge on any atom is 0.169 e. The van der Waals surface area contributed by atoms with Crippen molar-refractivity contribution in [2.24, 2.45) is 5.41 Å². The maximum absolute atomic E-state index is 4.68. The third-order valence-electron chi connectivity index (χ3n) is 3.18. The van der Waals surface area contributed by atoms with E-state index in [1.807, 2.05) is 11.8 Å². The van der Waals surface area contributed by atoms with Crippen LogP contribution in [0.4, 0.5) is 0 Å². The van der Waals surface area contributed by atoms with Gasteiger partial charge >= 0.3 is 0 Å². The van der Waals surface area contributed by atoms with Gasteiger partial charge in [-0.2, -0.15) is 0 Å². The van der Waals surface area contributed by atoms with Gasteiger partial charge in [-0.05, 0) is 17.5 Å². The number of aromatic nitrogens is 2. The average molecular weight is 232 g/mol. The number of hydrogen-bond acceptors (Lipinski definition) is 2. The Morgan fingerprint density at radius 2 is 2.06 bits per heavy atom. The summed E-state index contributed by atoms with van der Waals surface area (Å²) in [6.07, 6.45) is 0. The van der Waals surface area contributed by atoms with Crippen LogP contribution in [0.5, 0.6) is 0 Å². The van der Waals surface area contributed by atoms with Gasteiger partial charge in [-0.15, -0.1) is 0 Å². The van der Waals surface area contributed by atoms with Gasteiger partial charge in [0.25, 0.3) is 0 Å². The van der Waals surface area contributed by atoms with Gasteiger partial charge in [0.15, 0.2) is 5.16 Å². The first-order valence-electron chi connectivity index (χ1n) is 5.67. The van der Waals surface area contributed by atoms with Crippen LogP contribution in [0.15, 0.2) is 29.4 Å². The van der Waals surface area contributed by atoms with Crippen LogP contribution in [0.3, 0.4) is 0 Å². The van der Waals surface area contributed by atoms with Gasteiger partial charge < -0.3 is 4.57 Å². The Kier molecular flexibility index (Phi) is 2.08. The standard InChI is InChI=1S/C13H16N2S/c1-13(2,3)11-8-15-10-7-5-4-6-9(10)14-12(15)16-11/h4-7,11H,8H2,1-3H3. The SMILES string of the molecule is CC(C)(C)C1Cn2c(nc3ccccc32)S1. The molecule has 0 bridgehead atoms. The van der Waals surface area contributed by atoms with Gasteiger partial charge in [-0.25, -0.2) is 4.98 Å². The molecule has 0 N–H and O–H groups in total. The molecule has 0 aliphatic carbocycles. The summed E-state index contributed by atoms with van der Waals surface area (Å²) in [7, 11) is 0. The topological polar surface area (TPSA) is 17.8 Å². The monoisotopic (exact) mass is 232 g/mol. The highest BCUT2D eigenvalue weighted by molar-refractivity contribution is 8.00. The van der Waals surface area contributed by atoms with Crippen LogP contribution in [0, 0.1) is 5.41 Å². The molecule has 84 valence electrons. The van der Waals surface area contributed by atoms with E-state index in [1.54, 1.807) is 0 Å². The Bertz CT molecular complexity index is 536. The third-order valence-corrected chi connectivity index (χ3v) is 4.84. The molecule has 2 aromatic rings. The molecule has 0 fully saturated rings. The van der Waals surface area contributed by atoms with Crippen LogP contribution >= 0.6 is 11.8 Å². The van der Waals surface area contributed by atoms with Crippen molar-refractivity contribution in [1.29, 1.82) is 0 Å². The molecule has 1 unspecified atom stereocenters. The van der Waals surface area contributed by atoms with Crippen molar-refractivity contribution in [3.8, 4) is 0 Å². The van der Waals surface area contributed by atoms with E-state index >= 15 is 0 Å². The normalized spacial score (nSPS) is 20.3. The molecule has 1 atom stereocenters. The van der Waals surface area contributed by atoms with Crippen molar-refractivity contribution in [1.82, 2.24) is 9.55 Å². The number of para-hydroxylation sites is 2. The van der Waals surface area contributed by atoms with Crippen molar-refractivity contribution in [2.45, 2.75) is 37.7 Å². The van der Waals surface area contributed by atoms with E-state index in [-0.39, 0.29) is 0 Å². The van der Waals surface area contributed by atoms with E-state index in [0.29, 0.717) is 10.7 Å². The summed E-state index contributed by atoms with van der Waals surface area (Å²) in [6, 6.07) is 8.40. The lowest BCUT2D eigenvalue weighted by Crippen LogP contribution is -2.23. The predicted octanol–water partition coefficient (Wildman–Crippen LogP) is 3.56. The molecule has 3 rings (SSSR count). The lowest BCUT2D eigenvalue weighted by molar-refractivity contribution is 0.373. The number of hydrogen-bond donors (Lipinski definition) is 0. The molecule has 1 aromatic heterocycles. The van der Waals surface area contributed by atoms with Crippen molar-refractivity contribution >= 4 is 22.8 Å². The second-order valence-electron chi connectivity index (χ2n) is 5.47. The number of thioether (sulfide) groups is 1. The van der Waals surface area contributed by atoms with E-state index < -0.39 is 0 Å². The lowest BCUT2D eigenvalue weighted by atomic mass is 9.91. The largest absolute Gasteiger partial charge is 0.318 e. The Morgan fingerprint density at radius 1 is 1.31 bits per heavy atom. The van der Waals surface area contributed by atoms with Gasteiger partial charge in [-0.1, -0.05) is 44.7 Å². The van der Waals surface area contributed by atoms with Crippen LogP contribution in [0.2, 0.25) is 0 Å². The first-order chi connectivity index (χ1) is 7.55. The fourth-order valence-electron chi connectivity index (χ4n) is 2.10. The minimum absolute atomic E-state index is 0.340. The molecule has 2 heterocycles. The molecule has 1 aliphatic rings. The fourth-order valence-corrected chi connectivity index (χ4v) is 3.38. The highest BCUT2D eigenvalue weighted by Crippen LogP contribution is 2.42. The van der Waals surface area contributed by atoms with Crippen molar-refractivity contribution in [3.63, 3.8) is 0 Å². The highest BCUT2D eigenvalue weighted by atomic mass is 32.2. The Labute approximate surface area is 100 Å². The molecule has 16 heavy (non-hydrogen) atoms. The molecule has 3 heteroatoms. The molecular weight excluding hydrogens is 216 g/mol. The zero-order valence-electron chi connectivity index (χ0n) is 9.90. The van der Waals surface area contributed by atoms with E-state index in [9.17, 15) is 0 Å². The van der Waals surface area contributed by atoms with Gasteiger partial charge in [0.05, 0.1) is 11.0 Å². The highest BCUT2D eigenvalue weighted by Gasteiger charge is 2.33. The first-order valence-corrected chi connectivity index (χ1v) is 6.55. The molecule has 0 radical (unpaired) electrons. The summed E-state index contributed by atoms with van der Waals surface area (Å²) in [6.45, 7) is 8.00. The Hall–Kier alpha value is -0.960. The minimum Gasteiger partial charge on any atom is -0.318 e. The van der Waals surface area contributed by atoms with Crippen LogP contribution in [-0.4, -0.2) is 14.8 Å². The third kappa shape index (κ3) is 1.46. The summed E-state index contributed by atoms with van der Waals surface area (Å²) in [4.78, 5) is 4.68. The van der Waals surface area contributed by atoms with E-state index in [4.69, 9.17) is 0 Å². The van der Waals surface area contributed by atoms with Crippen LogP contribution in [0.25, 0.3) is 11.0 Å². The summed E-state index contributed by atoms with van der Waals surface area (Å²) in [5, 5.41) is 1.82. The number of imidazole rings is 1. The number of rotatable bonds is 0. The van der Waals surface area contributed by atoms with Crippen molar-refractivity contribution in [2.75, 3.05) is 0 Å². The van der Waals surface area contributed by atoms with Crippen LogP contribution < -0.4 is 0 Å². The summed E-state index contributed by atoms with van der Waals surface area (Å²) in [5.41, 5.74) is 2.74. The number of fused-ring (bicyclic) bond motifs is 3. The summed E-state index contributed by atoms with van der Waals surface area (Å²) < 4.78 is 2.36. The quantitative estimate of drug-likeness (QED) is 0.691. The van der Waals surface area contributed by atoms with E-state index in [1.165, 1.54) is 10.7 Å². The van der Waals surface area contributed by atoms with Gasteiger partial charge in [-0.3, -0.25) is 0 Å². The Morgan fingerprint density at radius 3 is 2.81 bits per heavy atom. The van der Waals surface area contributed by atoms with Crippen LogP contribution in [0.1, 0.15) is 20.8 Å². The second-order valence-corrected chi connectivity index (χ2v) is 6.64. The zero-order valence-corrected chi connectivity index (χ0v) is 10.7. The van der Waals surface area contributed by atoms with Gasteiger partial charge in [0.1, 0.15) is 0 Å². The maximum atomic E-state index is 4.68. The lowest BCUT2D eigenvalue weighted by Gasteiger charge is -2.25. The molecular formula is C13H16N2S. The minimum atomic E-state index is 0.340. The molecule has 0 saturated carbocycles. The summed E-state index contributed by atoms with van der Waals surface area (Å²) >= 11 is 1.92. The average Bonchev–Trinajstić information content (AvgIpc) is 2.72. The first kappa shape index (κ1) is 10.2. The summed E-state index contributed by atoms with van der Waals surface area (Å²) in [5.74, 6) is 0. The van der Waals surface area contributed by atoms with Crippen LogP contribution in [-0.2, 0) is 6.54 Å². The van der Waals surface area contributed by atoms with E-state index in [0.717, 1.165) is 12.1 Å². The molecule has 1 aliphatic heterocycles. The molecule has 0 saturated heterocycles. The molecule has 0 spiro atoms. The Balaban J connectivity index is 2.05. The number of nitrogens with zero attached hydrogens (tertiary/aromatic N) is 2. The fraction of sp³-hybridized carbons (Fsp3) is 0.462. The van der Waals surface area contributed by atoms with Gasteiger partial charge in [0.2, 0.25) is 0 Å². The zero-order chi connectivity index (χ0) is 11.3. The molecule has 0 amide bonds. The smallest absolute Gasteiger partial charge is 0.169 e. The molecule has 1 aromatic carbocycles.